The van der Waals surface area contributed by atoms with Crippen molar-refractivity contribution in [3.8, 4) is 5.75 Å². The van der Waals surface area contributed by atoms with Crippen molar-refractivity contribution in [2.75, 3.05) is 44.7 Å². The molecule has 3 aromatic rings. The quantitative estimate of drug-likeness (QED) is 0.383. The van der Waals surface area contributed by atoms with Gasteiger partial charge in [0, 0.05) is 38.4 Å². The number of carbonyl (C=O) groups excluding carboxylic acids is 1. The predicted octanol–water partition coefficient (Wildman–Crippen LogP) is 5.58. The van der Waals surface area contributed by atoms with Crippen molar-refractivity contribution in [1.82, 2.24) is 9.80 Å². The number of amides is 2. The predicted molar refractivity (Wildman–Crippen MR) is 144 cm³/mol. The van der Waals surface area contributed by atoms with Gasteiger partial charge in [0.05, 0.1) is 13.2 Å². The minimum atomic E-state index is -0.0863. The van der Waals surface area contributed by atoms with E-state index < -0.39 is 0 Å². The third-order valence-electron chi connectivity index (χ3n) is 6.43. The van der Waals surface area contributed by atoms with E-state index in [0.29, 0.717) is 19.7 Å². The van der Waals surface area contributed by atoms with Crippen molar-refractivity contribution in [1.29, 1.82) is 0 Å². The van der Waals surface area contributed by atoms with E-state index in [1.54, 1.807) is 0 Å². The number of urea groups is 1. The first-order valence-electron chi connectivity index (χ1n) is 12.9. The normalized spacial score (nSPS) is 13.8. The summed E-state index contributed by atoms with van der Waals surface area (Å²) in [5.41, 5.74) is 4.24. The van der Waals surface area contributed by atoms with E-state index in [1.807, 2.05) is 59.5 Å². The summed E-state index contributed by atoms with van der Waals surface area (Å²) in [5, 5.41) is 3.09. The molecule has 1 aliphatic heterocycles. The van der Waals surface area contributed by atoms with Gasteiger partial charge in [0.1, 0.15) is 12.4 Å². The van der Waals surface area contributed by atoms with Crippen LogP contribution in [0.2, 0.25) is 0 Å². The van der Waals surface area contributed by atoms with Gasteiger partial charge in [-0.1, -0.05) is 61.5 Å². The smallest absolute Gasteiger partial charge is 0.322 e. The van der Waals surface area contributed by atoms with Gasteiger partial charge in [0.15, 0.2) is 0 Å². The highest BCUT2D eigenvalue weighted by atomic mass is 16.5. The Morgan fingerprint density at radius 1 is 0.944 bits per heavy atom. The second kappa shape index (κ2) is 13.7. The van der Waals surface area contributed by atoms with Crippen LogP contribution in [0.4, 0.5) is 10.5 Å². The molecule has 4 rings (SSSR count). The van der Waals surface area contributed by atoms with E-state index in [0.717, 1.165) is 68.3 Å². The van der Waals surface area contributed by atoms with Gasteiger partial charge in [-0.15, -0.1) is 0 Å². The number of rotatable bonds is 11. The Morgan fingerprint density at radius 3 is 2.44 bits per heavy atom. The topological polar surface area (TPSA) is 54.0 Å². The number of nitrogens with zero attached hydrogens (tertiary/aromatic N) is 2. The van der Waals surface area contributed by atoms with Gasteiger partial charge in [0.25, 0.3) is 0 Å². The maximum atomic E-state index is 13.3. The minimum absolute atomic E-state index is 0.0863. The summed E-state index contributed by atoms with van der Waals surface area (Å²) in [6.07, 6.45) is 1.89. The Kier molecular flexibility index (Phi) is 9.77. The highest BCUT2D eigenvalue weighted by Gasteiger charge is 2.16. The van der Waals surface area contributed by atoms with E-state index >= 15 is 0 Å². The third-order valence-corrected chi connectivity index (χ3v) is 6.43. The molecule has 1 aliphatic rings. The van der Waals surface area contributed by atoms with Crippen LogP contribution < -0.4 is 10.1 Å². The molecule has 1 heterocycles. The summed E-state index contributed by atoms with van der Waals surface area (Å²) >= 11 is 0. The van der Waals surface area contributed by atoms with E-state index in [4.69, 9.17) is 9.47 Å². The number of carbonyl (C=O) groups is 1. The number of anilines is 1. The van der Waals surface area contributed by atoms with Crippen LogP contribution in [0.25, 0.3) is 0 Å². The van der Waals surface area contributed by atoms with Gasteiger partial charge in [0.2, 0.25) is 0 Å². The Morgan fingerprint density at radius 2 is 1.69 bits per heavy atom. The summed E-state index contributed by atoms with van der Waals surface area (Å²) in [5.74, 6) is 0.806. The lowest BCUT2D eigenvalue weighted by Gasteiger charge is -2.28. The maximum Gasteiger partial charge on any atom is 0.322 e. The maximum absolute atomic E-state index is 13.3. The Balaban J connectivity index is 1.39. The van der Waals surface area contributed by atoms with Crippen LogP contribution in [0.5, 0.6) is 5.75 Å². The molecule has 1 saturated heterocycles. The molecule has 36 heavy (non-hydrogen) atoms. The number of benzene rings is 3. The van der Waals surface area contributed by atoms with Crippen molar-refractivity contribution in [3.05, 3.63) is 95.6 Å². The van der Waals surface area contributed by atoms with Crippen LogP contribution in [0.3, 0.4) is 0 Å². The average molecular weight is 488 g/mol. The SMILES string of the molecule is CCc1ccc(NC(=O)N(CCCN2CCOCC2)Cc2cccc(OCc3ccccc3)c2)cc1. The van der Waals surface area contributed by atoms with Crippen molar-refractivity contribution in [3.63, 3.8) is 0 Å². The van der Waals surface area contributed by atoms with Crippen LogP contribution in [-0.4, -0.2) is 55.2 Å². The number of morpholine rings is 1. The number of hydrogen-bond acceptors (Lipinski definition) is 4. The standard InChI is InChI=1S/C30H37N3O3/c1-2-25-12-14-28(15-13-25)31-30(34)33(17-7-16-32-18-20-35-21-19-32)23-27-10-6-11-29(22-27)36-24-26-8-4-3-5-9-26/h3-6,8-15,22H,2,7,16-21,23-24H2,1H3,(H,31,34). The molecule has 3 aromatic carbocycles. The molecule has 1 N–H and O–H groups in total. The summed E-state index contributed by atoms with van der Waals surface area (Å²) in [4.78, 5) is 17.6. The highest BCUT2D eigenvalue weighted by molar-refractivity contribution is 5.89. The molecule has 0 aromatic heterocycles. The van der Waals surface area contributed by atoms with Crippen molar-refractivity contribution in [2.45, 2.75) is 32.9 Å². The average Bonchev–Trinajstić information content (AvgIpc) is 2.93. The number of nitrogens with one attached hydrogen (secondary N) is 1. The van der Waals surface area contributed by atoms with Crippen molar-refractivity contribution >= 4 is 11.7 Å². The van der Waals surface area contributed by atoms with E-state index in [1.165, 1.54) is 5.56 Å². The molecule has 6 heteroatoms. The van der Waals surface area contributed by atoms with Crippen LogP contribution in [0.1, 0.15) is 30.0 Å². The Labute approximate surface area is 214 Å². The molecular formula is C30H37N3O3. The van der Waals surface area contributed by atoms with Gasteiger partial charge < -0.3 is 19.7 Å². The van der Waals surface area contributed by atoms with Gasteiger partial charge in [-0.2, -0.15) is 0 Å². The first-order valence-corrected chi connectivity index (χ1v) is 12.9. The second-order valence-corrected chi connectivity index (χ2v) is 9.13. The summed E-state index contributed by atoms with van der Waals surface area (Å²) in [6.45, 7) is 8.27. The fraction of sp³-hybridized carbons (Fsp3) is 0.367. The Bertz CT molecular complexity index is 1070. The molecule has 0 aliphatic carbocycles. The first kappa shape index (κ1) is 25.7. The third kappa shape index (κ3) is 8.11. The van der Waals surface area contributed by atoms with E-state index in [-0.39, 0.29) is 6.03 Å². The largest absolute Gasteiger partial charge is 0.489 e. The summed E-state index contributed by atoms with van der Waals surface area (Å²) in [7, 11) is 0. The fourth-order valence-electron chi connectivity index (χ4n) is 4.28. The summed E-state index contributed by atoms with van der Waals surface area (Å²) < 4.78 is 11.5. The molecular weight excluding hydrogens is 450 g/mol. The zero-order chi connectivity index (χ0) is 25.0. The van der Waals surface area contributed by atoms with Gasteiger partial charge in [-0.3, -0.25) is 4.90 Å². The Hall–Kier alpha value is -3.35. The molecule has 0 spiro atoms. The zero-order valence-corrected chi connectivity index (χ0v) is 21.2. The zero-order valence-electron chi connectivity index (χ0n) is 21.2. The lowest BCUT2D eigenvalue weighted by molar-refractivity contribution is 0.0365. The highest BCUT2D eigenvalue weighted by Crippen LogP contribution is 2.18. The first-order chi connectivity index (χ1) is 17.7. The molecule has 0 saturated carbocycles. The molecule has 0 bridgehead atoms. The number of hydrogen-bond donors (Lipinski definition) is 1. The van der Waals surface area contributed by atoms with Gasteiger partial charge in [-0.05, 0) is 53.8 Å². The molecule has 0 radical (unpaired) electrons. The van der Waals surface area contributed by atoms with Gasteiger partial charge in [-0.25, -0.2) is 4.79 Å². The molecule has 1 fully saturated rings. The monoisotopic (exact) mass is 487 g/mol. The summed E-state index contributed by atoms with van der Waals surface area (Å²) in [6, 6.07) is 26.1. The number of ether oxygens (including phenoxy) is 2. The lowest BCUT2D eigenvalue weighted by atomic mass is 10.1. The van der Waals surface area contributed by atoms with Crippen molar-refractivity contribution in [2.24, 2.45) is 0 Å². The number of aryl methyl sites for hydroxylation is 1. The van der Waals surface area contributed by atoms with Gasteiger partial charge >= 0.3 is 6.03 Å². The second-order valence-electron chi connectivity index (χ2n) is 9.13. The minimum Gasteiger partial charge on any atom is -0.489 e. The molecule has 0 unspecified atom stereocenters. The lowest BCUT2D eigenvalue weighted by Crippen LogP contribution is -2.40. The van der Waals surface area contributed by atoms with Crippen LogP contribution >= 0.6 is 0 Å². The van der Waals surface area contributed by atoms with Crippen molar-refractivity contribution < 1.29 is 14.3 Å². The molecule has 2 amide bonds. The van der Waals surface area contributed by atoms with Crippen LogP contribution in [0.15, 0.2) is 78.9 Å². The van der Waals surface area contributed by atoms with E-state index in [9.17, 15) is 4.79 Å². The molecule has 6 nitrogen and oxygen atoms in total. The molecule has 190 valence electrons. The molecule has 0 atom stereocenters. The van der Waals surface area contributed by atoms with Crippen LogP contribution in [0, 0.1) is 0 Å². The van der Waals surface area contributed by atoms with E-state index in [2.05, 4.69) is 41.4 Å². The fourth-order valence-corrected chi connectivity index (χ4v) is 4.28. The van der Waals surface area contributed by atoms with Crippen LogP contribution in [-0.2, 0) is 24.3 Å².